The Morgan fingerprint density at radius 2 is 0.840 bits per heavy atom. The van der Waals surface area contributed by atoms with E-state index in [-0.39, 0.29) is 0 Å². The van der Waals surface area contributed by atoms with Crippen LogP contribution in [0.5, 0.6) is 0 Å². The van der Waals surface area contributed by atoms with Gasteiger partial charge in [-0.15, -0.1) is 0 Å². The summed E-state index contributed by atoms with van der Waals surface area (Å²) in [6, 6.07) is 0.881. The molecule has 0 aliphatic carbocycles. The third-order valence-corrected chi connectivity index (χ3v) is 3.89. The van der Waals surface area contributed by atoms with Crippen molar-refractivity contribution in [1.29, 1.82) is 5.26 Å². The van der Waals surface area contributed by atoms with Crippen LogP contribution in [0.1, 0.15) is 17.0 Å². The maximum Gasteiger partial charge on any atom is 0.200 e. The van der Waals surface area contributed by atoms with Crippen LogP contribution in [-0.4, -0.2) is 0 Å². The van der Waals surface area contributed by atoms with Gasteiger partial charge in [0.25, 0.3) is 0 Å². The Kier molecular flexibility index (Phi) is 5.04. The molecule has 0 amide bonds. The minimum Gasteiger partial charge on any atom is -0.203 e. The van der Waals surface area contributed by atoms with Gasteiger partial charge < -0.3 is 0 Å². The Morgan fingerprint density at radius 3 is 1.16 bits per heavy atom. The zero-order chi connectivity index (χ0) is 19.2. The van der Waals surface area contributed by atoms with Crippen LogP contribution >= 0.6 is 15.9 Å². The molecular weight excluding hydrogens is 433 g/mol. The molecule has 1 unspecified atom stereocenters. The van der Waals surface area contributed by atoms with E-state index in [4.69, 9.17) is 5.26 Å². The molecule has 0 heterocycles. The van der Waals surface area contributed by atoms with Crippen molar-refractivity contribution in [3.63, 3.8) is 0 Å². The summed E-state index contributed by atoms with van der Waals surface area (Å²) in [6.07, 6.45) is 0. The molecule has 1 nitrogen and oxygen atoms in total. The second-order valence-electron chi connectivity index (χ2n) is 4.53. The van der Waals surface area contributed by atoms with Crippen molar-refractivity contribution in [2.75, 3.05) is 0 Å². The molecule has 0 aliphatic rings. The van der Waals surface area contributed by atoms with Gasteiger partial charge in [0.05, 0.1) is 21.7 Å². The Hall–Kier alpha value is -2.22. The number of benzene rings is 2. The number of hydrogen-bond acceptors (Lipinski definition) is 1. The Morgan fingerprint density at radius 1 is 0.560 bits per heavy atom. The van der Waals surface area contributed by atoms with Gasteiger partial charge in [0.15, 0.2) is 46.5 Å². The van der Waals surface area contributed by atoms with Crippen LogP contribution in [0.25, 0.3) is 0 Å². The van der Waals surface area contributed by atoms with Gasteiger partial charge in [0.2, 0.25) is 5.82 Å². The molecule has 0 aromatic heterocycles. The van der Waals surface area contributed by atoms with Crippen LogP contribution in [0, 0.1) is 63.7 Å². The van der Waals surface area contributed by atoms with Crippen molar-refractivity contribution in [3.8, 4) is 6.07 Å². The molecule has 0 spiro atoms. The van der Waals surface area contributed by atoms with E-state index >= 15 is 0 Å². The minimum atomic E-state index is -2.86. The highest BCUT2D eigenvalue weighted by Crippen LogP contribution is 2.38. The molecule has 0 saturated carbocycles. The average Bonchev–Trinajstić information content (AvgIpc) is 2.60. The van der Waals surface area contributed by atoms with Gasteiger partial charge in [-0.3, -0.25) is 0 Å². The van der Waals surface area contributed by atoms with Crippen molar-refractivity contribution in [2.45, 2.75) is 5.92 Å². The van der Waals surface area contributed by atoms with Gasteiger partial charge in [-0.2, -0.15) is 5.26 Å². The maximum atomic E-state index is 13.9. The van der Waals surface area contributed by atoms with Gasteiger partial charge in [-0.25, -0.2) is 39.5 Å². The third kappa shape index (κ3) is 2.74. The average molecular weight is 434 g/mol. The summed E-state index contributed by atoms with van der Waals surface area (Å²) in [5.41, 5.74) is -3.79. The number of nitrogens with zero attached hydrogens (tertiary/aromatic N) is 1. The van der Waals surface area contributed by atoms with Crippen molar-refractivity contribution in [1.82, 2.24) is 0 Å². The molecule has 1 atom stereocenters. The first-order chi connectivity index (χ1) is 11.6. The fourth-order valence-electron chi connectivity index (χ4n) is 2.02. The van der Waals surface area contributed by atoms with E-state index in [9.17, 15) is 39.5 Å². The second kappa shape index (κ2) is 6.59. The predicted molar refractivity (Wildman–Crippen MR) is 67.7 cm³/mol. The van der Waals surface area contributed by atoms with Crippen LogP contribution in [0.2, 0.25) is 0 Å². The van der Waals surface area contributed by atoms with Crippen LogP contribution < -0.4 is 0 Å². The molecule has 0 radical (unpaired) electrons. The van der Waals surface area contributed by atoms with Crippen LogP contribution in [0.3, 0.4) is 0 Å². The zero-order valence-corrected chi connectivity index (χ0v) is 12.9. The standard InChI is InChI=1S/C14HBrF9N/c15-5-10(20)6(16)3(7(17)11(5)21)2(1-25)4-8(18)12(22)14(24)13(23)9(4)19/h2H. The van der Waals surface area contributed by atoms with Crippen LogP contribution in [-0.2, 0) is 0 Å². The summed E-state index contributed by atoms with van der Waals surface area (Å²) >= 11 is 2.17. The lowest BCUT2D eigenvalue weighted by atomic mass is 9.90. The van der Waals surface area contributed by atoms with Crippen molar-refractivity contribution < 1.29 is 39.5 Å². The summed E-state index contributed by atoms with van der Waals surface area (Å²) in [5.74, 6) is -24.1. The molecule has 2 aromatic carbocycles. The summed E-state index contributed by atoms with van der Waals surface area (Å²) < 4.78 is 121. The van der Waals surface area contributed by atoms with Gasteiger partial charge in [0, 0.05) is 0 Å². The highest BCUT2D eigenvalue weighted by atomic mass is 79.9. The number of nitriles is 1. The Bertz CT molecular complexity index is 808. The van der Waals surface area contributed by atoms with Gasteiger partial charge in [0.1, 0.15) is 5.92 Å². The summed E-state index contributed by atoms with van der Waals surface area (Å²) in [5, 5.41) is 8.92. The molecule has 0 bridgehead atoms. The van der Waals surface area contributed by atoms with E-state index in [0.717, 1.165) is 6.07 Å². The Labute approximate surface area is 141 Å². The molecule has 0 fully saturated rings. The highest BCUT2D eigenvalue weighted by Gasteiger charge is 2.36. The molecule has 0 aliphatic heterocycles. The number of rotatable bonds is 2. The lowest BCUT2D eigenvalue weighted by Crippen LogP contribution is -2.16. The first-order valence-electron chi connectivity index (χ1n) is 5.98. The number of halogens is 10. The molecule has 0 saturated heterocycles. The smallest absolute Gasteiger partial charge is 0.200 e. The largest absolute Gasteiger partial charge is 0.203 e. The fraction of sp³-hybridized carbons (Fsp3) is 0.0714. The maximum absolute atomic E-state index is 13.9. The minimum absolute atomic E-state index is 0.881. The molecule has 0 N–H and O–H groups in total. The fourth-order valence-corrected chi connectivity index (χ4v) is 2.37. The predicted octanol–water partition coefficient (Wildman–Crippen LogP) is 5.36. The van der Waals surface area contributed by atoms with E-state index in [2.05, 4.69) is 15.9 Å². The molecular formula is C14HBrF9N. The summed E-state index contributed by atoms with van der Waals surface area (Å²) in [6.45, 7) is 0. The summed E-state index contributed by atoms with van der Waals surface area (Å²) in [4.78, 5) is 0. The molecule has 11 heteroatoms. The van der Waals surface area contributed by atoms with Crippen molar-refractivity contribution >= 4 is 15.9 Å². The van der Waals surface area contributed by atoms with Gasteiger partial charge >= 0.3 is 0 Å². The Balaban J connectivity index is 2.93. The lowest BCUT2D eigenvalue weighted by molar-refractivity contribution is 0.367. The van der Waals surface area contributed by atoms with Crippen molar-refractivity contribution in [3.05, 3.63) is 68.0 Å². The monoisotopic (exact) mass is 433 g/mol. The quantitative estimate of drug-likeness (QED) is 0.355. The first-order valence-corrected chi connectivity index (χ1v) is 6.77. The highest BCUT2D eigenvalue weighted by molar-refractivity contribution is 9.10. The van der Waals surface area contributed by atoms with E-state index in [0.29, 0.717) is 0 Å². The van der Waals surface area contributed by atoms with Crippen LogP contribution in [0.15, 0.2) is 4.47 Å². The summed E-state index contributed by atoms with van der Waals surface area (Å²) in [7, 11) is 0. The van der Waals surface area contributed by atoms with Gasteiger partial charge in [-0.1, -0.05) is 0 Å². The molecule has 2 aromatic rings. The van der Waals surface area contributed by atoms with Crippen LogP contribution in [0.4, 0.5) is 39.5 Å². The third-order valence-electron chi connectivity index (χ3n) is 3.19. The topological polar surface area (TPSA) is 23.8 Å². The van der Waals surface area contributed by atoms with Crippen molar-refractivity contribution in [2.24, 2.45) is 0 Å². The zero-order valence-electron chi connectivity index (χ0n) is 11.3. The SMILES string of the molecule is N#CC(c1c(F)c(F)c(F)c(F)c1F)c1c(F)c(F)c(Br)c(F)c1F. The number of hydrogen-bond donors (Lipinski definition) is 0. The second-order valence-corrected chi connectivity index (χ2v) is 5.32. The van der Waals surface area contributed by atoms with E-state index < -0.39 is 73.9 Å². The lowest BCUT2D eigenvalue weighted by Gasteiger charge is -2.16. The molecule has 25 heavy (non-hydrogen) atoms. The van der Waals surface area contributed by atoms with Gasteiger partial charge in [-0.05, 0) is 15.9 Å². The molecule has 2 rings (SSSR count). The molecule has 132 valence electrons. The van der Waals surface area contributed by atoms with E-state index in [1.54, 1.807) is 0 Å². The first kappa shape index (κ1) is 19.1. The van der Waals surface area contributed by atoms with E-state index in [1.165, 1.54) is 0 Å². The normalized spacial score (nSPS) is 12.2. The van der Waals surface area contributed by atoms with E-state index in [1.807, 2.05) is 0 Å².